The van der Waals surface area contributed by atoms with Crippen molar-refractivity contribution in [3.05, 3.63) is 23.3 Å². The van der Waals surface area contributed by atoms with Gasteiger partial charge in [0.05, 0.1) is 18.8 Å². The summed E-state index contributed by atoms with van der Waals surface area (Å²) in [7, 11) is 0. The van der Waals surface area contributed by atoms with Crippen molar-refractivity contribution in [1.82, 2.24) is 0 Å². The zero-order valence-electron chi connectivity index (χ0n) is 12.7. The third-order valence-electron chi connectivity index (χ3n) is 3.76. The lowest BCUT2D eigenvalue weighted by Gasteiger charge is -2.33. The van der Waals surface area contributed by atoms with Crippen LogP contribution in [0.4, 0.5) is 0 Å². The molecule has 1 aromatic rings. The van der Waals surface area contributed by atoms with Crippen LogP contribution in [0.1, 0.15) is 43.7 Å². The van der Waals surface area contributed by atoms with E-state index in [1.54, 1.807) is 19.1 Å². The molecule has 1 aromatic carbocycles. The molecule has 0 spiro atoms. The number of benzene rings is 1. The van der Waals surface area contributed by atoms with Crippen molar-refractivity contribution in [2.24, 2.45) is 0 Å². The van der Waals surface area contributed by atoms with Crippen LogP contribution in [0.25, 0.3) is 0 Å². The van der Waals surface area contributed by atoms with Gasteiger partial charge in [-0.3, -0.25) is 0 Å². The highest BCUT2D eigenvalue weighted by atomic mass is 16.7. The lowest BCUT2D eigenvalue weighted by Crippen LogP contribution is -2.40. The first-order valence-electron chi connectivity index (χ1n) is 7.35. The molecular weight excluding hydrogens is 272 g/mol. The lowest BCUT2D eigenvalue weighted by molar-refractivity contribution is -0.184. The number of aryl methyl sites for hydroxylation is 1. The van der Waals surface area contributed by atoms with Gasteiger partial charge in [0.1, 0.15) is 11.5 Å². The van der Waals surface area contributed by atoms with E-state index in [-0.39, 0.29) is 18.3 Å². The molecule has 1 aliphatic heterocycles. The Morgan fingerprint density at radius 2 is 2.05 bits per heavy atom. The standard InChI is InChI=1S/C16H24O5/c1-9(2)13-7-14(19)10(3)4-15(13)21-16-6-11(18)5-12(8-17)20-16/h4,7,9,11-12,16-19H,5-6,8H2,1-3H3. The first kappa shape index (κ1) is 16.1. The maximum Gasteiger partial charge on any atom is 0.202 e. The quantitative estimate of drug-likeness (QED) is 0.792. The first-order valence-corrected chi connectivity index (χ1v) is 7.35. The minimum absolute atomic E-state index is 0.136. The predicted molar refractivity (Wildman–Crippen MR) is 78.5 cm³/mol. The number of ether oxygens (including phenoxy) is 2. The average Bonchev–Trinajstić information content (AvgIpc) is 2.41. The molecular formula is C16H24O5. The smallest absolute Gasteiger partial charge is 0.202 e. The van der Waals surface area contributed by atoms with Crippen molar-refractivity contribution in [3.8, 4) is 11.5 Å². The lowest BCUT2D eigenvalue weighted by atomic mass is 9.99. The number of phenolic OH excluding ortho intramolecular Hbond substituents is 1. The van der Waals surface area contributed by atoms with Crippen LogP contribution in [0.5, 0.6) is 11.5 Å². The van der Waals surface area contributed by atoms with Gasteiger partial charge in [0, 0.05) is 18.4 Å². The molecule has 5 heteroatoms. The molecule has 21 heavy (non-hydrogen) atoms. The Bertz CT molecular complexity index is 486. The third kappa shape index (κ3) is 3.87. The number of hydrogen-bond donors (Lipinski definition) is 3. The summed E-state index contributed by atoms with van der Waals surface area (Å²) in [6, 6.07) is 3.49. The Morgan fingerprint density at radius 1 is 1.33 bits per heavy atom. The monoisotopic (exact) mass is 296 g/mol. The van der Waals surface area contributed by atoms with Gasteiger partial charge in [-0.1, -0.05) is 13.8 Å². The van der Waals surface area contributed by atoms with Gasteiger partial charge in [-0.05, 0) is 30.5 Å². The molecule has 5 nitrogen and oxygen atoms in total. The second-order valence-corrected chi connectivity index (χ2v) is 5.94. The van der Waals surface area contributed by atoms with E-state index in [2.05, 4.69) is 0 Å². The molecule has 0 bridgehead atoms. The van der Waals surface area contributed by atoms with Gasteiger partial charge in [0.25, 0.3) is 0 Å². The number of hydrogen-bond acceptors (Lipinski definition) is 5. The van der Waals surface area contributed by atoms with Gasteiger partial charge in [0.15, 0.2) is 0 Å². The van der Waals surface area contributed by atoms with E-state index >= 15 is 0 Å². The molecule has 0 aliphatic carbocycles. The maximum absolute atomic E-state index is 9.84. The predicted octanol–water partition coefficient (Wildman–Crippen LogP) is 2.06. The topological polar surface area (TPSA) is 79.2 Å². The van der Waals surface area contributed by atoms with Crippen LogP contribution in [-0.2, 0) is 4.74 Å². The van der Waals surface area contributed by atoms with E-state index in [0.29, 0.717) is 18.6 Å². The fourth-order valence-corrected chi connectivity index (χ4v) is 2.52. The van der Waals surface area contributed by atoms with Gasteiger partial charge >= 0.3 is 0 Å². The second-order valence-electron chi connectivity index (χ2n) is 5.94. The van der Waals surface area contributed by atoms with Gasteiger partial charge in [-0.25, -0.2) is 0 Å². The van der Waals surface area contributed by atoms with Gasteiger partial charge in [-0.15, -0.1) is 0 Å². The van der Waals surface area contributed by atoms with Crippen LogP contribution in [0.2, 0.25) is 0 Å². The van der Waals surface area contributed by atoms with Crippen LogP contribution in [0.15, 0.2) is 12.1 Å². The van der Waals surface area contributed by atoms with Crippen molar-refractivity contribution in [3.63, 3.8) is 0 Å². The molecule has 1 heterocycles. The van der Waals surface area contributed by atoms with Gasteiger partial charge < -0.3 is 24.8 Å². The molecule has 1 fully saturated rings. The summed E-state index contributed by atoms with van der Waals surface area (Å²) in [5, 5.41) is 28.9. The zero-order valence-corrected chi connectivity index (χ0v) is 12.7. The highest BCUT2D eigenvalue weighted by molar-refractivity contribution is 5.46. The van der Waals surface area contributed by atoms with Crippen molar-refractivity contribution >= 4 is 0 Å². The third-order valence-corrected chi connectivity index (χ3v) is 3.76. The van der Waals surface area contributed by atoms with E-state index < -0.39 is 18.5 Å². The SMILES string of the molecule is Cc1cc(OC2CC(O)CC(CO)O2)c(C(C)C)cc1O. The molecule has 3 unspecified atom stereocenters. The van der Waals surface area contributed by atoms with Crippen molar-refractivity contribution in [2.75, 3.05) is 6.61 Å². The molecule has 1 saturated heterocycles. The summed E-state index contributed by atoms with van der Waals surface area (Å²) in [4.78, 5) is 0. The Labute approximate surface area is 125 Å². The molecule has 0 saturated carbocycles. The summed E-state index contributed by atoms with van der Waals surface area (Å²) in [6.07, 6.45) is -0.746. The van der Waals surface area contributed by atoms with Crippen molar-refractivity contribution < 1.29 is 24.8 Å². The molecule has 0 amide bonds. The summed E-state index contributed by atoms with van der Waals surface area (Å²) in [6.45, 7) is 5.70. The van der Waals surface area contributed by atoms with E-state index in [0.717, 1.165) is 11.1 Å². The average molecular weight is 296 g/mol. The first-order chi connectivity index (χ1) is 9.90. The zero-order chi connectivity index (χ0) is 15.6. The summed E-state index contributed by atoms with van der Waals surface area (Å²) >= 11 is 0. The Hall–Kier alpha value is -1.30. The molecule has 2 rings (SSSR count). The number of aliphatic hydroxyl groups excluding tert-OH is 2. The normalized spacial score (nSPS) is 26.1. The van der Waals surface area contributed by atoms with E-state index in [4.69, 9.17) is 9.47 Å². The highest BCUT2D eigenvalue weighted by Crippen LogP contribution is 2.34. The Balaban J connectivity index is 2.20. The van der Waals surface area contributed by atoms with Crippen LogP contribution in [-0.4, -0.2) is 40.4 Å². The number of aromatic hydroxyl groups is 1. The van der Waals surface area contributed by atoms with E-state index in [1.165, 1.54) is 0 Å². The summed E-state index contributed by atoms with van der Waals surface area (Å²) in [5.41, 5.74) is 1.62. The van der Waals surface area contributed by atoms with Crippen molar-refractivity contribution in [2.45, 2.75) is 58.0 Å². The number of phenols is 1. The summed E-state index contributed by atoms with van der Waals surface area (Å²) < 4.78 is 11.5. The second kappa shape index (κ2) is 6.64. The number of aliphatic hydroxyl groups is 2. The van der Waals surface area contributed by atoms with E-state index in [1.807, 2.05) is 13.8 Å². The largest absolute Gasteiger partial charge is 0.508 e. The molecule has 3 atom stereocenters. The van der Waals surface area contributed by atoms with Crippen LogP contribution in [0.3, 0.4) is 0 Å². The Morgan fingerprint density at radius 3 is 2.67 bits per heavy atom. The maximum atomic E-state index is 9.84. The van der Waals surface area contributed by atoms with Crippen LogP contribution < -0.4 is 4.74 Å². The summed E-state index contributed by atoms with van der Waals surface area (Å²) in [5.74, 6) is 1.08. The van der Waals surface area contributed by atoms with Crippen LogP contribution in [0, 0.1) is 6.92 Å². The molecule has 118 valence electrons. The molecule has 3 N–H and O–H groups in total. The van der Waals surface area contributed by atoms with Crippen LogP contribution >= 0.6 is 0 Å². The molecule has 0 aromatic heterocycles. The van der Waals surface area contributed by atoms with Gasteiger partial charge in [0.2, 0.25) is 6.29 Å². The fourth-order valence-electron chi connectivity index (χ4n) is 2.52. The molecule has 1 aliphatic rings. The number of rotatable bonds is 4. The van der Waals surface area contributed by atoms with Gasteiger partial charge in [-0.2, -0.15) is 0 Å². The Kier molecular flexibility index (Phi) is 5.08. The highest BCUT2D eigenvalue weighted by Gasteiger charge is 2.30. The fraction of sp³-hybridized carbons (Fsp3) is 0.625. The minimum Gasteiger partial charge on any atom is -0.508 e. The minimum atomic E-state index is -0.590. The van der Waals surface area contributed by atoms with E-state index in [9.17, 15) is 15.3 Å². The molecule has 0 radical (unpaired) electrons. The van der Waals surface area contributed by atoms with Crippen molar-refractivity contribution in [1.29, 1.82) is 0 Å².